The van der Waals surface area contributed by atoms with Crippen molar-refractivity contribution in [2.75, 3.05) is 0 Å². The van der Waals surface area contributed by atoms with Crippen molar-refractivity contribution in [2.45, 2.75) is 48.0 Å². The zero-order chi connectivity index (χ0) is 13.6. The molecule has 0 rings (SSSR count). The van der Waals surface area contributed by atoms with Gasteiger partial charge in [-0.1, -0.05) is 47.3 Å². The second kappa shape index (κ2) is 6.53. The summed E-state index contributed by atoms with van der Waals surface area (Å²) in [5.74, 6) is 0.401. The van der Waals surface area contributed by atoms with E-state index in [1.807, 2.05) is 6.08 Å². The van der Waals surface area contributed by atoms with Gasteiger partial charge in [-0.2, -0.15) is 0 Å². The molecule has 0 bridgehead atoms. The highest BCUT2D eigenvalue weighted by Gasteiger charge is 2.10. The van der Waals surface area contributed by atoms with Gasteiger partial charge in [-0.05, 0) is 30.3 Å². The van der Waals surface area contributed by atoms with E-state index in [4.69, 9.17) is 5.41 Å². The molecule has 0 heterocycles. The van der Waals surface area contributed by atoms with Crippen LogP contribution in [0.1, 0.15) is 48.0 Å². The number of aliphatic imine (C=N–C) groups is 1. The Kier molecular flexibility index (Phi) is 6.08. The van der Waals surface area contributed by atoms with Gasteiger partial charge in [0.2, 0.25) is 0 Å². The highest BCUT2D eigenvalue weighted by atomic mass is 14.8. The Morgan fingerprint density at radius 2 is 1.88 bits per heavy atom. The van der Waals surface area contributed by atoms with E-state index in [9.17, 15) is 0 Å². The molecular weight excluding hydrogens is 208 g/mol. The average Bonchev–Trinajstić information content (AvgIpc) is 2.08. The SMILES string of the molecule is C=C(C=N/C(=C\C(C)C)C(C)=N)CC(C)(C)C. The minimum atomic E-state index is 0.227. The van der Waals surface area contributed by atoms with Gasteiger partial charge in [-0.25, -0.2) is 0 Å². The van der Waals surface area contributed by atoms with E-state index in [1.165, 1.54) is 0 Å². The van der Waals surface area contributed by atoms with E-state index in [-0.39, 0.29) is 5.41 Å². The predicted octanol–water partition coefficient (Wildman–Crippen LogP) is 4.63. The summed E-state index contributed by atoms with van der Waals surface area (Å²) < 4.78 is 0. The van der Waals surface area contributed by atoms with E-state index < -0.39 is 0 Å². The van der Waals surface area contributed by atoms with Crippen molar-refractivity contribution in [3.05, 3.63) is 23.9 Å². The standard InChI is InChI=1S/C15H26N2/c1-11(2)8-14(13(4)16)17-10-12(3)9-15(5,6)7/h8,10-11,16H,3,9H2,1-2,4-7H3/b14-8-,16-13?,17-10?. The minimum Gasteiger partial charge on any atom is -0.303 e. The van der Waals surface area contributed by atoms with Crippen LogP contribution in [0.15, 0.2) is 28.9 Å². The Labute approximate surface area is 106 Å². The lowest BCUT2D eigenvalue weighted by Crippen LogP contribution is -2.06. The van der Waals surface area contributed by atoms with Crippen LogP contribution < -0.4 is 0 Å². The van der Waals surface area contributed by atoms with E-state index in [0.29, 0.717) is 11.6 Å². The summed E-state index contributed by atoms with van der Waals surface area (Å²) in [6.07, 6.45) is 4.71. The topological polar surface area (TPSA) is 36.2 Å². The molecule has 0 aromatic rings. The maximum atomic E-state index is 7.66. The quantitative estimate of drug-likeness (QED) is 0.673. The van der Waals surface area contributed by atoms with Gasteiger partial charge in [-0.15, -0.1) is 0 Å². The molecule has 17 heavy (non-hydrogen) atoms. The van der Waals surface area contributed by atoms with Crippen LogP contribution in [0.5, 0.6) is 0 Å². The van der Waals surface area contributed by atoms with Crippen molar-refractivity contribution in [3.8, 4) is 0 Å². The van der Waals surface area contributed by atoms with E-state index in [0.717, 1.165) is 17.7 Å². The number of nitrogens with one attached hydrogen (secondary N) is 1. The van der Waals surface area contributed by atoms with Crippen molar-refractivity contribution in [1.82, 2.24) is 0 Å². The third-order valence-corrected chi connectivity index (χ3v) is 2.02. The van der Waals surface area contributed by atoms with Crippen molar-refractivity contribution < 1.29 is 0 Å². The Morgan fingerprint density at radius 1 is 1.35 bits per heavy atom. The first-order valence-corrected chi connectivity index (χ1v) is 6.11. The molecule has 0 aromatic heterocycles. The molecule has 0 saturated heterocycles. The predicted molar refractivity (Wildman–Crippen MR) is 78.0 cm³/mol. The summed E-state index contributed by atoms with van der Waals surface area (Å²) in [6, 6.07) is 0. The molecule has 0 unspecified atom stereocenters. The molecule has 1 N–H and O–H groups in total. The third kappa shape index (κ3) is 8.61. The zero-order valence-corrected chi connectivity index (χ0v) is 12.1. The van der Waals surface area contributed by atoms with Gasteiger partial charge in [0.05, 0.1) is 11.4 Å². The van der Waals surface area contributed by atoms with Crippen LogP contribution in [0.3, 0.4) is 0 Å². The van der Waals surface area contributed by atoms with Crippen LogP contribution in [0.4, 0.5) is 0 Å². The van der Waals surface area contributed by atoms with Gasteiger partial charge in [0.1, 0.15) is 0 Å². The largest absolute Gasteiger partial charge is 0.303 e. The maximum Gasteiger partial charge on any atom is 0.0797 e. The molecule has 0 aromatic carbocycles. The van der Waals surface area contributed by atoms with Crippen LogP contribution in [0.2, 0.25) is 0 Å². The molecule has 0 amide bonds. The number of allylic oxidation sites excluding steroid dienone is 3. The molecule has 2 heteroatoms. The Hall–Kier alpha value is -1.18. The average molecular weight is 234 g/mol. The Bertz CT molecular complexity index is 338. The summed E-state index contributed by atoms with van der Waals surface area (Å²) in [5, 5.41) is 7.66. The summed E-state index contributed by atoms with van der Waals surface area (Å²) >= 11 is 0. The number of rotatable bonds is 5. The van der Waals surface area contributed by atoms with Gasteiger partial charge in [0.25, 0.3) is 0 Å². The first-order valence-electron chi connectivity index (χ1n) is 6.11. The Balaban J connectivity index is 4.68. The molecule has 0 aliphatic carbocycles. The first-order chi connectivity index (χ1) is 7.61. The molecule has 2 nitrogen and oxygen atoms in total. The van der Waals surface area contributed by atoms with E-state index in [2.05, 4.69) is 46.2 Å². The van der Waals surface area contributed by atoms with Crippen molar-refractivity contribution in [2.24, 2.45) is 16.3 Å². The highest BCUT2D eigenvalue weighted by molar-refractivity contribution is 5.97. The fourth-order valence-corrected chi connectivity index (χ4v) is 1.47. The minimum absolute atomic E-state index is 0.227. The van der Waals surface area contributed by atoms with Crippen molar-refractivity contribution in [3.63, 3.8) is 0 Å². The van der Waals surface area contributed by atoms with Crippen LogP contribution in [0, 0.1) is 16.7 Å². The Morgan fingerprint density at radius 3 is 2.24 bits per heavy atom. The molecule has 0 saturated carbocycles. The highest BCUT2D eigenvalue weighted by Crippen LogP contribution is 2.22. The summed E-state index contributed by atoms with van der Waals surface area (Å²) in [7, 11) is 0. The summed E-state index contributed by atoms with van der Waals surface area (Å²) in [6.45, 7) is 16.5. The van der Waals surface area contributed by atoms with Crippen molar-refractivity contribution >= 4 is 11.9 Å². The number of hydrogen-bond donors (Lipinski definition) is 1. The maximum absolute atomic E-state index is 7.66. The number of hydrogen-bond acceptors (Lipinski definition) is 2. The van der Waals surface area contributed by atoms with Crippen LogP contribution in [-0.4, -0.2) is 11.9 Å². The monoisotopic (exact) mass is 234 g/mol. The normalized spacial score (nSPS) is 13.5. The van der Waals surface area contributed by atoms with Gasteiger partial charge < -0.3 is 5.41 Å². The molecule has 0 aliphatic rings. The lowest BCUT2D eigenvalue weighted by molar-refractivity contribution is 0.416. The lowest BCUT2D eigenvalue weighted by Gasteiger charge is -2.17. The molecule has 0 aliphatic heterocycles. The summed E-state index contributed by atoms with van der Waals surface area (Å²) in [4.78, 5) is 4.36. The lowest BCUT2D eigenvalue weighted by atomic mass is 9.89. The van der Waals surface area contributed by atoms with Gasteiger partial charge in [0.15, 0.2) is 0 Å². The fourth-order valence-electron chi connectivity index (χ4n) is 1.47. The molecule has 0 fully saturated rings. The second-order valence-corrected chi connectivity index (χ2v) is 6.07. The fraction of sp³-hybridized carbons (Fsp3) is 0.600. The number of nitrogens with zero attached hydrogens (tertiary/aromatic N) is 1. The summed E-state index contributed by atoms with van der Waals surface area (Å²) in [5.41, 5.74) is 2.48. The molecular formula is C15H26N2. The molecule has 96 valence electrons. The van der Waals surface area contributed by atoms with Crippen LogP contribution in [-0.2, 0) is 0 Å². The third-order valence-electron chi connectivity index (χ3n) is 2.02. The van der Waals surface area contributed by atoms with Crippen LogP contribution in [0.25, 0.3) is 0 Å². The van der Waals surface area contributed by atoms with Crippen molar-refractivity contribution in [1.29, 1.82) is 5.41 Å². The van der Waals surface area contributed by atoms with Gasteiger partial charge in [-0.3, -0.25) is 4.99 Å². The first kappa shape index (κ1) is 15.8. The van der Waals surface area contributed by atoms with Crippen LogP contribution >= 0.6 is 0 Å². The van der Waals surface area contributed by atoms with E-state index >= 15 is 0 Å². The van der Waals surface area contributed by atoms with Gasteiger partial charge >= 0.3 is 0 Å². The molecule has 0 spiro atoms. The van der Waals surface area contributed by atoms with Gasteiger partial charge in [0, 0.05) is 6.21 Å². The smallest absolute Gasteiger partial charge is 0.0797 e. The molecule has 0 atom stereocenters. The second-order valence-electron chi connectivity index (χ2n) is 6.07. The molecule has 0 radical (unpaired) electrons. The van der Waals surface area contributed by atoms with E-state index in [1.54, 1.807) is 13.1 Å². The zero-order valence-electron chi connectivity index (χ0n) is 12.1.